The van der Waals surface area contributed by atoms with Gasteiger partial charge in [-0.15, -0.1) is 0 Å². The van der Waals surface area contributed by atoms with Gasteiger partial charge in [-0.2, -0.15) is 5.10 Å². The van der Waals surface area contributed by atoms with Gasteiger partial charge in [-0.3, -0.25) is 14.7 Å². The molecular weight excluding hydrogens is 339 g/mol. The molecule has 2 aromatic rings. The Bertz CT molecular complexity index is 837. The van der Waals surface area contributed by atoms with Gasteiger partial charge in [-0.25, -0.2) is 4.39 Å². The fourth-order valence-electron chi connectivity index (χ4n) is 3.61. The molecule has 7 nitrogen and oxygen atoms in total. The zero-order chi connectivity index (χ0) is 18.1. The van der Waals surface area contributed by atoms with Gasteiger partial charge in [0.15, 0.2) is 5.69 Å². The molecule has 1 aromatic carbocycles. The highest BCUT2D eigenvalue weighted by molar-refractivity contribution is 5.94. The first-order valence-corrected chi connectivity index (χ1v) is 8.62. The molecule has 2 fully saturated rings. The zero-order valence-electron chi connectivity index (χ0n) is 14.1. The first kappa shape index (κ1) is 16.6. The molecule has 2 atom stereocenters. The van der Waals surface area contributed by atoms with Crippen LogP contribution in [0.25, 0.3) is 0 Å². The lowest BCUT2D eigenvalue weighted by Gasteiger charge is -2.26. The molecule has 0 aliphatic carbocycles. The van der Waals surface area contributed by atoms with E-state index >= 15 is 0 Å². The number of carbonyl (C=O) groups excluding carboxylic acids is 2. The molecule has 2 saturated heterocycles. The summed E-state index contributed by atoms with van der Waals surface area (Å²) in [5.41, 5.74) is 0.920. The van der Waals surface area contributed by atoms with Crippen LogP contribution >= 0.6 is 0 Å². The third kappa shape index (κ3) is 3.26. The number of halogens is 1. The number of rotatable bonds is 4. The molecule has 26 heavy (non-hydrogen) atoms. The third-order valence-corrected chi connectivity index (χ3v) is 4.85. The monoisotopic (exact) mass is 358 g/mol. The Balaban J connectivity index is 1.44. The van der Waals surface area contributed by atoms with Gasteiger partial charge in [-0.05, 0) is 31.0 Å². The second-order valence-electron chi connectivity index (χ2n) is 6.63. The number of hydrogen-bond acceptors (Lipinski definition) is 4. The number of nitrogens with one attached hydrogen (secondary N) is 2. The number of benzene rings is 1. The molecule has 0 unspecified atom stereocenters. The normalized spacial score (nSPS) is 22.0. The number of hydrogen-bond donors (Lipinski definition) is 2. The summed E-state index contributed by atoms with van der Waals surface area (Å²) in [7, 11) is 0. The average molecular weight is 358 g/mol. The zero-order valence-corrected chi connectivity index (χ0v) is 14.1. The molecule has 0 saturated carbocycles. The Hall–Kier alpha value is -2.90. The molecule has 1 aromatic heterocycles. The third-order valence-electron chi connectivity index (χ3n) is 4.85. The molecule has 2 amide bonds. The average Bonchev–Trinajstić information content (AvgIpc) is 3.20. The Morgan fingerprint density at radius 2 is 2.15 bits per heavy atom. The highest BCUT2D eigenvalue weighted by Crippen LogP contribution is 2.29. The lowest BCUT2D eigenvalue weighted by Crippen LogP contribution is -2.42. The summed E-state index contributed by atoms with van der Waals surface area (Å²) in [5.74, 6) is -0.158. The Kier molecular flexibility index (Phi) is 4.32. The number of carbonyl (C=O) groups is 2. The highest BCUT2D eigenvalue weighted by Gasteiger charge is 2.41. The first-order valence-electron chi connectivity index (χ1n) is 8.62. The van der Waals surface area contributed by atoms with Gasteiger partial charge >= 0.3 is 0 Å². The van der Waals surface area contributed by atoms with E-state index in [0.29, 0.717) is 30.1 Å². The van der Waals surface area contributed by atoms with Crippen molar-refractivity contribution in [2.45, 2.75) is 38.0 Å². The number of H-pyrrole nitrogens is 1. The second kappa shape index (κ2) is 6.78. The smallest absolute Gasteiger partial charge is 0.274 e. The van der Waals surface area contributed by atoms with Gasteiger partial charge in [-0.1, -0.05) is 6.07 Å². The van der Waals surface area contributed by atoms with Gasteiger partial charge in [0.05, 0.1) is 5.69 Å². The van der Waals surface area contributed by atoms with Crippen LogP contribution in [0.15, 0.2) is 30.3 Å². The second-order valence-corrected chi connectivity index (χ2v) is 6.63. The van der Waals surface area contributed by atoms with E-state index in [4.69, 9.17) is 4.74 Å². The van der Waals surface area contributed by atoms with Gasteiger partial charge in [0.2, 0.25) is 5.91 Å². The van der Waals surface area contributed by atoms with E-state index in [1.807, 2.05) is 0 Å². The van der Waals surface area contributed by atoms with Crippen molar-refractivity contribution in [1.29, 1.82) is 0 Å². The van der Waals surface area contributed by atoms with Crippen LogP contribution < -0.4 is 10.1 Å². The van der Waals surface area contributed by atoms with E-state index in [1.54, 1.807) is 23.1 Å². The van der Waals surface area contributed by atoms with Crippen molar-refractivity contribution in [3.8, 4) is 5.75 Å². The molecule has 2 aliphatic heterocycles. The number of ether oxygens (including phenoxy) is 1. The van der Waals surface area contributed by atoms with E-state index in [0.717, 1.165) is 12.8 Å². The number of nitrogens with zero attached hydrogens (tertiary/aromatic N) is 2. The van der Waals surface area contributed by atoms with Crippen molar-refractivity contribution >= 4 is 11.8 Å². The van der Waals surface area contributed by atoms with Crippen LogP contribution in [-0.4, -0.2) is 45.5 Å². The highest BCUT2D eigenvalue weighted by atomic mass is 19.1. The molecule has 2 N–H and O–H groups in total. The number of aromatic amines is 1. The Labute approximate surface area is 149 Å². The summed E-state index contributed by atoms with van der Waals surface area (Å²) in [6, 6.07) is 7.44. The number of fused-ring (bicyclic) bond motifs is 2. The topological polar surface area (TPSA) is 87.3 Å². The SMILES string of the molecule is O=C1C[C@@H]2CC[C@H](CN1)N2C(=O)c1cc(COc2cccc(F)c2)[nH]n1. The van der Waals surface area contributed by atoms with Gasteiger partial charge in [0.25, 0.3) is 5.91 Å². The predicted octanol–water partition coefficient (Wildman–Crippen LogP) is 1.62. The summed E-state index contributed by atoms with van der Waals surface area (Å²) in [6.45, 7) is 0.637. The van der Waals surface area contributed by atoms with Crippen LogP contribution in [0.4, 0.5) is 4.39 Å². The fraction of sp³-hybridized carbons (Fsp3) is 0.389. The number of amides is 2. The van der Waals surface area contributed by atoms with Crippen LogP contribution in [0, 0.1) is 5.82 Å². The molecule has 3 heterocycles. The first-order chi connectivity index (χ1) is 12.6. The van der Waals surface area contributed by atoms with Crippen molar-refractivity contribution in [1.82, 2.24) is 20.4 Å². The minimum atomic E-state index is -0.372. The molecule has 0 spiro atoms. The maximum absolute atomic E-state index is 13.2. The minimum Gasteiger partial charge on any atom is -0.487 e. The van der Waals surface area contributed by atoms with Crippen molar-refractivity contribution in [2.75, 3.05) is 6.54 Å². The molecule has 2 aliphatic rings. The van der Waals surface area contributed by atoms with E-state index in [9.17, 15) is 14.0 Å². The van der Waals surface area contributed by atoms with Crippen molar-refractivity contribution in [3.63, 3.8) is 0 Å². The molecule has 2 bridgehead atoms. The van der Waals surface area contributed by atoms with E-state index in [2.05, 4.69) is 15.5 Å². The van der Waals surface area contributed by atoms with Crippen LogP contribution in [0.1, 0.15) is 35.4 Å². The van der Waals surface area contributed by atoms with E-state index < -0.39 is 0 Å². The fourth-order valence-corrected chi connectivity index (χ4v) is 3.61. The maximum Gasteiger partial charge on any atom is 0.274 e. The summed E-state index contributed by atoms with van der Waals surface area (Å²) in [6.07, 6.45) is 2.06. The summed E-state index contributed by atoms with van der Waals surface area (Å²) < 4.78 is 18.7. The van der Waals surface area contributed by atoms with Crippen molar-refractivity contribution < 1.29 is 18.7 Å². The Morgan fingerprint density at radius 1 is 1.31 bits per heavy atom. The maximum atomic E-state index is 13.2. The quantitative estimate of drug-likeness (QED) is 0.869. The van der Waals surface area contributed by atoms with Gasteiger partial charge in [0.1, 0.15) is 18.2 Å². The molecular formula is C18H19FN4O3. The van der Waals surface area contributed by atoms with Crippen molar-refractivity contribution in [3.05, 3.63) is 47.5 Å². The van der Waals surface area contributed by atoms with E-state index in [1.165, 1.54) is 12.1 Å². The lowest BCUT2D eigenvalue weighted by atomic mass is 10.1. The molecule has 4 rings (SSSR count). The van der Waals surface area contributed by atoms with Crippen LogP contribution in [0.3, 0.4) is 0 Å². The van der Waals surface area contributed by atoms with Crippen molar-refractivity contribution in [2.24, 2.45) is 0 Å². The van der Waals surface area contributed by atoms with E-state index in [-0.39, 0.29) is 36.3 Å². The van der Waals surface area contributed by atoms with Crippen LogP contribution in [0.5, 0.6) is 5.75 Å². The summed E-state index contributed by atoms with van der Waals surface area (Å²) in [5, 5.41) is 9.73. The summed E-state index contributed by atoms with van der Waals surface area (Å²) in [4.78, 5) is 26.4. The largest absolute Gasteiger partial charge is 0.487 e. The summed E-state index contributed by atoms with van der Waals surface area (Å²) >= 11 is 0. The van der Waals surface area contributed by atoms with Gasteiger partial charge in [0, 0.05) is 31.1 Å². The lowest BCUT2D eigenvalue weighted by molar-refractivity contribution is -0.121. The van der Waals surface area contributed by atoms with Gasteiger partial charge < -0.3 is 15.0 Å². The standard InChI is InChI=1S/C18H19FN4O3/c19-11-2-1-3-15(6-11)26-10-12-7-16(22-21-12)18(25)23-13-4-5-14(23)9-20-17(24)8-13/h1-3,6-7,13-14H,4-5,8-10H2,(H,20,24)(H,21,22)/t13-,14+/m0/s1. The number of aromatic nitrogens is 2. The predicted molar refractivity (Wildman–Crippen MR) is 89.9 cm³/mol. The molecule has 8 heteroatoms. The van der Waals surface area contributed by atoms with Crippen LogP contribution in [0.2, 0.25) is 0 Å². The van der Waals surface area contributed by atoms with Crippen LogP contribution in [-0.2, 0) is 11.4 Å². The minimum absolute atomic E-state index is 0.0128. The molecule has 0 radical (unpaired) electrons. The Morgan fingerprint density at radius 3 is 3.00 bits per heavy atom. The molecule has 136 valence electrons.